The van der Waals surface area contributed by atoms with Gasteiger partial charge in [-0.2, -0.15) is 0 Å². The van der Waals surface area contributed by atoms with Gasteiger partial charge in [-0.3, -0.25) is 9.59 Å². The summed E-state index contributed by atoms with van der Waals surface area (Å²) >= 11 is 0. The van der Waals surface area contributed by atoms with Gasteiger partial charge < -0.3 is 15.1 Å². The zero-order valence-electron chi connectivity index (χ0n) is 15.8. The van der Waals surface area contributed by atoms with Crippen LogP contribution in [0.4, 0.5) is 0 Å². The first kappa shape index (κ1) is 19.5. The number of furan rings is 1. The maximum Gasteiger partial charge on any atom is 0.286 e. The van der Waals surface area contributed by atoms with E-state index in [0.29, 0.717) is 36.6 Å². The topological polar surface area (TPSA) is 71.3 Å². The standard InChI is InChI=1S/C20H32N2O3/c1-4-20(2,3)15-9-11-16(12-10-15)22-18(23)8-5-13-21-19(24)17-7-6-14-25-17/h6-7,14-16H,4-5,8-13H2,1-3H3,(H,21,24)(H,22,23). The maximum atomic E-state index is 12.1. The lowest BCUT2D eigenvalue weighted by Crippen LogP contribution is -2.40. The van der Waals surface area contributed by atoms with Crippen molar-refractivity contribution in [3.63, 3.8) is 0 Å². The molecule has 1 saturated carbocycles. The number of rotatable bonds is 8. The average Bonchev–Trinajstić information content (AvgIpc) is 3.14. The lowest BCUT2D eigenvalue weighted by Gasteiger charge is -2.39. The molecule has 1 aromatic heterocycles. The summed E-state index contributed by atoms with van der Waals surface area (Å²) in [6.45, 7) is 7.45. The van der Waals surface area contributed by atoms with Crippen LogP contribution in [0.1, 0.15) is 76.3 Å². The molecule has 0 bridgehead atoms. The second kappa shape index (κ2) is 9.07. The van der Waals surface area contributed by atoms with E-state index in [9.17, 15) is 9.59 Å². The van der Waals surface area contributed by atoms with E-state index in [0.717, 1.165) is 18.8 Å². The Morgan fingerprint density at radius 2 is 1.96 bits per heavy atom. The molecule has 1 aliphatic carbocycles. The molecule has 5 nitrogen and oxygen atoms in total. The average molecular weight is 348 g/mol. The molecule has 1 fully saturated rings. The highest BCUT2D eigenvalue weighted by molar-refractivity contribution is 5.91. The van der Waals surface area contributed by atoms with Crippen molar-refractivity contribution in [3.8, 4) is 0 Å². The van der Waals surface area contributed by atoms with E-state index >= 15 is 0 Å². The number of nitrogens with one attached hydrogen (secondary N) is 2. The van der Waals surface area contributed by atoms with Gasteiger partial charge in [0.15, 0.2) is 5.76 Å². The monoisotopic (exact) mass is 348 g/mol. The van der Waals surface area contributed by atoms with Gasteiger partial charge in [0.05, 0.1) is 6.26 Å². The zero-order valence-corrected chi connectivity index (χ0v) is 15.8. The van der Waals surface area contributed by atoms with Crippen molar-refractivity contribution in [2.24, 2.45) is 11.3 Å². The molecule has 1 heterocycles. The normalized spacial score (nSPS) is 20.9. The Hall–Kier alpha value is -1.78. The highest BCUT2D eigenvalue weighted by Gasteiger charge is 2.32. The van der Waals surface area contributed by atoms with E-state index in [4.69, 9.17) is 4.42 Å². The van der Waals surface area contributed by atoms with Gasteiger partial charge in [-0.15, -0.1) is 0 Å². The molecular formula is C20H32N2O3. The molecule has 1 aliphatic rings. The molecule has 0 spiro atoms. The molecule has 140 valence electrons. The minimum Gasteiger partial charge on any atom is -0.459 e. The molecule has 0 aromatic carbocycles. The molecule has 5 heteroatoms. The van der Waals surface area contributed by atoms with E-state index in [1.165, 1.54) is 25.5 Å². The van der Waals surface area contributed by atoms with Gasteiger partial charge in [0, 0.05) is 19.0 Å². The summed E-state index contributed by atoms with van der Waals surface area (Å²) in [6.07, 6.45) is 8.31. The van der Waals surface area contributed by atoms with E-state index in [2.05, 4.69) is 31.4 Å². The van der Waals surface area contributed by atoms with Crippen molar-refractivity contribution in [1.29, 1.82) is 0 Å². The molecule has 0 unspecified atom stereocenters. The largest absolute Gasteiger partial charge is 0.459 e. The zero-order chi connectivity index (χ0) is 18.3. The molecule has 2 amide bonds. The van der Waals surface area contributed by atoms with E-state index in [1.54, 1.807) is 12.1 Å². The first-order chi connectivity index (χ1) is 11.9. The maximum absolute atomic E-state index is 12.1. The van der Waals surface area contributed by atoms with E-state index in [1.807, 2.05) is 0 Å². The molecule has 0 radical (unpaired) electrons. The van der Waals surface area contributed by atoms with Crippen molar-refractivity contribution >= 4 is 11.8 Å². The van der Waals surface area contributed by atoms with Gasteiger partial charge in [0.1, 0.15) is 0 Å². The van der Waals surface area contributed by atoms with E-state index in [-0.39, 0.29) is 11.8 Å². The summed E-state index contributed by atoms with van der Waals surface area (Å²) in [6, 6.07) is 3.62. The Morgan fingerprint density at radius 1 is 1.24 bits per heavy atom. The molecule has 25 heavy (non-hydrogen) atoms. The molecule has 1 aromatic rings. The van der Waals surface area contributed by atoms with Crippen molar-refractivity contribution in [2.75, 3.05) is 6.54 Å². The van der Waals surface area contributed by atoms with Crippen LogP contribution < -0.4 is 10.6 Å². The summed E-state index contributed by atoms with van der Waals surface area (Å²) in [5.74, 6) is 0.923. The Kier molecular flexibility index (Phi) is 7.09. The number of hydrogen-bond donors (Lipinski definition) is 2. The lowest BCUT2D eigenvalue weighted by molar-refractivity contribution is -0.122. The minimum absolute atomic E-state index is 0.0884. The summed E-state index contributed by atoms with van der Waals surface area (Å²) in [4.78, 5) is 23.8. The molecular weight excluding hydrogens is 316 g/mol. The van der Waals surface area contributed by atoms with Gasteiger partial charge in [0.25, 0.3) is 5.91 Å². The van der Waals surface area contributed by atoms with Crippen LogP contribution in [0.5, 0.6) is 0 Å². The highest BCUT2D eigenvalue weighted by atomic mass is 16.3. The Morgan fingerprint density at radius 3 is 2.56 bits per heavy atom. The Balaban J connectivity index is 1.59. The van der Waals surface area contributed by atoms with Crippen molar-refractivity contribution in [3.05, 3.63) is 24.2 Å². The molecule has 0 aliphatic heterocycles. The van der Waals surface area contributed by atoms with Gasteiger partial charge in [-0.1, -0.05) is 27.2 Å². The fourth-order valence-corrected chi connectivity index (χ4v) is 3.55. The number of amides is 2. The second-order valence-electron chi connectivity index (χ2n) is 7.79. The van der Waals surface area contributed by atoms with Crippen LogP contribution in [-0.4, -0.2) is 24.4 Å². The number of carbonyl (C=O) groups is 2. The first-order valence-corrected chi connectivity index (χ1v) is 9.53. The van der Waals surface area contributed by atoms with Crippen LogP contribution in [0.15, 0.2) is 22.8 Å². The van der Waals surface area contributed by atoms with Crippen molar-refractivity contribution in [1.82, 2.24) is 10.6 Å². The van der Waals surface area contributed by atoms with Crippen molar-refractivity contribution in [2.45, 2.75) is 71.8 Å². The number of carbonyl (C=O) groups excluding carboxylic acids is 2. The van der Waals surface area contributed by atoms with Crippen LogP contribution in [-0.2, 0) is 4.79 Å². The predicted octanol–water partition coefficient (Wildman–Crippen LogP) is 3.90. The van der Waals surface area contributed by atoms with Gasteiger partial charge in [-0.05, 0) is 55.6 Å². The SMILES string of the molecule is CCC(C)(C)C1CCC(NC(=O)CCCNC(=O)c2ccco2)CC1. The summed E-state index contributed by atoms with van der Waals surface area (Å²) in [5, 5.41) is 5.91. The Labute approximate surface area is 150 Å². The van der Waals surface area contributed by atoms with Crippen LogP contribution >= 0.6 is 0 Å². The van der Waals surface area contributed by atoms with Crippen LogP contribution in [0.25, 0.3) is 0 Å². The number of hydrogen-bond acceptors (Lipinski definition) is 3. The fourth-order valence-electron chi connectivity index (χ4n) is 3.55. The third-order valence-corrected chi connectivity index (χ3v) is 5.72. The summed E-state index contributed by atoms with van der Waals surface area (Å²) in [7, 11) is 0. The van der Waals surface area contributed by atoms with Crippen molar-refractivity contribution < 1.29 is 14.0 Å². The van der Waals surface area contributed by atoms with Gasteiger partial charge >= 0.3 is 0 Å². The third kappa shape index (κ3) is 5.91. The Bertz CT molecular complexity index is 543. The predicted molar refractivity (Wildman–Crippen MR) is 98.2 cm³/mol. The quantitative estimate of drug-likeness (QED) is 0.700. The second-order valence-corrected chi connectivity index (χ2v) is 7.79. The molecule has 2 rings (SSSR count). The van der Waals surface area contributed by atoms with E-state index < -0.39 is 0 Å². The van der Waals surface area contributed by atoms with Crippen LogP contribution in [0.2, 0.25) is 0 Å². The first-order valence-electron chi connectivity index (χ1n) is 9.53. The minimum atomic E-state index is -0.234. The highest BCUT2D eigenvalue weighted by Crippen LogP contribution is 2.40. The third-order valence-electron chi connectivity index (χ3n) is 5.72. The van der Waals surface area contributed by atoms with Gasteiger partial charge in [0.2, 0.25) is 5.91 Å². The molecule has 0 saturated heterocycles. The van der Waals surface area contributed by atoms with Gasteiger partial charge in [-0.25, -0.2) is 0 Å². The smallest absolute Gasteiger partial charge is 0.286 e. The molecule has 0 atom stereocenters. The lowest BCUT2D eigenvalue weighted by atomic mass is 9.69. The molecule has 2 N–H and O–H groups in total. The van der Waals surface area contributed by atoms with Crippen LogP contribution in [0.3, 0.4) is 0 Å². The van der Waals surface area contributed by atoms with Crippen LogP contribution in [0, 0.1) is 11.3 Å². The fraction of sp³-hybridized carbons (Fsp3) is 0.700. The summed E-state index contributed by atoms with van der Waals surface area (Å²) in [5.41, 5.74) is 0.404. The summed E-state index contributed by atoms with van der Waals surface area (Å²) < 4.78 is 5.02.